The van der Waals surface area contributed by atoms with E-state index < -0.39 is 0 Å². The minimum Gasteiger partial charge on any atom is -0.492 e. The molecule has 0 fully saturated rings. The molecule has 0 aliphatic rings. The van der Waals surface area contributed by atoms with Crippen LogP contribution in [0.15, 0.2) is 42.6 Å². The normalized spacial score (nSPS) is 12.1. The zero-order valence-corrected chi connectivity index (χ0v) is 10.8. The van der Waals surface area contributed by atoms with Crippen LogP contribution in [0.2, 0.25) is 0 Å². The quantitative estimate of drug-likeness (QED) is 0.559. The van der Waals surface area contributed by atoms with Crippen molar-refractivity contribution in [3.8, 4) is 5.75 Å². The summed E-state index contributed by atoms with van der Waals surface area (Å²) in [6.07, 6.45) is 1.68. The molecule has 100 valence electrons. The van der Waals surface area contributed by atoms with E-state index in [1.54, 1.807) is 6.20 Å². The molecule has 1 heterocycles. The number of para-hydroxylation sites is 1. The number of nitrogens with zero attached hydrogens (tertiary/aromatic N) is 1. The number of ether oxygens (including phenoxy) is 1. The fourth-order valence-electron chi connectivity index (χ4n) is 1.96. The van der Waals surface area contributed by atoms with E-state index in [1.165, 1.54) is 0 Å². The molecule has 0 saturated carbocycles. The first-order valence-corrected chi connectivity index (χ1v) is 6.07. The lowest BCUT2D eigenvalue weighted by molar-refractivity contribution is 0.267. The summed E-state index contributed by atoms with van der Waals surface area (Å²) >= 11 is 0. The van der Waals surface area contributed by atoms with E-state index in [0.29, 0.717) is 12.4 Å². The molecule has 0 bridgehead atoms. The molecule has 1 atom stereocenters. The standard InChI is InChI=1S/C14H18N4O/c1-10-7-8-17-14(15)13(10)12(18-16)9-19-11-5-3-2-4-6-11/h2-8,12,18H,9,16H2,1H3,(H2,15,17). The number of aryl methyl sites for hydroxylation is 1. The molecule has 2 aromatic rings. The third-order valence-electron chi connectivity index (χ3n) is 2.95. The number of nitrogen functional groups attached to an aromatic ring is 1. The summed E-state index contributed by atoms with van der Waals surface area (Å²) in [5.41, 5.74) is 10.5. The van der Waals surface area contributed by atoms with Crippen LogP contribution in [0.1, 0.15) is 17.2 Å². The van der Waals surface area contributed by atoms with Crippen molar-refractivity contribution in [1.29, 1.82) is 0 Å². The lowest BCUT2D eigenvalue weighted by Gasteiger charge is -2.20. The summed E-state index contributed by atoms with van der Waals surface area (Å²) in [5, 5.41) is 0. The number of nitrogens with two attached hydrogens (primary N) is 2. The van der Waals surface area contributed by atoms with Crippen LogP contribution in [-0.4, -0.2) is 11.6 Å². The number of nitrogens with one attached hydrogen (secondary N) is 1. The van der Waals surface area contributed by atoms with Gasteiger partial charge in [-0.25, -0.2) is 10.4 Å². The van der Waals surface area contributed by atoms with Crippen LogP contribution in [0.25, 0.3) is 0 Å². The van der Waals surface area contributed by atoms with Crippen molar-refractivity contribution in [1.82, 2.24) is 10.4 Å². The Balaban J connectivity index is 2.12. The molecule has 0 saturated heterocycles. The fraction of sp³-hybridized carbons (Fsp3) is 0.214. The largest absolute Gasteiger partial charge is 0.492 e. The van der Waals surface area contributed by atoms with E-state index in [9.17, 15) is 0 Å². The molecule has 5 nitrogen and oxygen atoms in total. The number of hydrogen-bond donors (Lipinski definition) is 3. The van der Waals surface area contributed by atoms with Gasteiger partial charge in [-0.05, 0) is 30.7 Å². The third kappa shape index (κ3) is 3.21. The first kappa shape index (κ1) is 13.3. The Kier molecular flexibility index (Phi) is 4.33. The summed E-state index contributed by atoms with van der Waals surface area (Å²) in [6, 6.07) is 11.3. The summed E-state index contributed by atoms with van der Waals surface area (Å²) in [6.45, 7) is 2.36. The number of rotatable bonds is 5. The lowest BCUT2D eigenvalue weighted by Crippen LogP contribution is -2.33. The minimum atomic E-state index is -0.200. The maximum Gasteiger partial charge on any atom is 0.128 e. The predicted octanol–water partition coefficient (Wildman–Crippen LogP) is 1.56. The van der Waals surface area contributed by atoms with Gasteiger partial charge in [-0.2, -0.15) is 0 Å². The van der Waals surface area contributed by atoms with Gasteiger partial charge in [0, 0.05) is 11.8 Å². The van der Waals surface area contributed by atoms with E-state index in [4.69, 9.17) is 16.3 Å². The fourth-order valence-corrected chi connectivity index (χ4v) is 1.96. The first-order chi connectivity index (χ1) is 9.22. The second-order valence-electron chi connectivity index (χ2n) is 4.27. The summed E-state index contributed by atoms with van der Waals surface area (Å²) in [4.78, 5) is 4.09. The van der Waals surface area contributed by atoms with Gasteiger partial charge in [0.25, 0.3) is 0 Å². The smallest absolute Gasteiger partial charge is 0.128 e. The van der Waals surface area contributed by atoms with Crippen LogP contribution in [0.5, 0.6) is 5.75 Å². The van der Waals surface area contributed by atoms with Gasteiger partial charge in [0.1, 0.15) is 18.2 Å². The van der Waals surface area contributed by atoms with Gasteiger partial charge in [-0.1, -0.05) is 18.2 Å². The summed E-state index contributed by atoms with van der Waals surface area (Å²) < 4.78 is 5.70. The second-order valence-corrected chi connectivity index (χ2v) is 4.27. The third-order valence-corrected chi connectivity index (χ3v) is 2.95. The van der Waals surface area contributed by atoms with E-state index in [1.807, 2.05) is 43.3 Å². The molecule has 1 unspecified atom stereocenters. The highest BCUT2D eigenvalue weighted by Gasteiger charge is 2.16. The zero-order valence-electron chi connectivity index (χ0n) is 10.8. The van der Waals surface area contributed by atoms with Crippen LogP contribution in [0.3, 0.4) is 0 Å². The van der Waals surface area contributed by atoms with Crippen LogP contribution < -0.4 is 21.7 Å². The Morgan fingerprint density at radius 2 is 2.00 bits per heavy atom. The highest BCUT2D eigenvalue weighted by atomic mass is 16.5. The number of hydrazine groups is 1. The summed E-state index contributed by atoms with van der Waals surface area (Å²) in [5.74, 6) is 6.86. The van der Waals surface area contributed by atoms with E-state index in [0.717, 1.165) is 16.9 Å². The zero-order chi connectivity index (χ0) is 13.7. The Morgan fingerprint density at radius 1 is 1.26 bits per heavy atom. The molecule has 5 heteroatoms. The lowest BCUT2D eigenvalue weighted by atomic mass is 10.0. The molecular formula is C14H18N4O. The van der Waals surface area contributed by atoms with Crippen LogP contribution in [0, 0.1) is 6.92 Å². The predicted molar refractivity (Wildman–Crippen MR) is 75.4 cm³/mol. The maximum atomic E-state index is 5.90. The van der Waals surface area contributed by atoms with Crippen molar-refractivity contribution in [2.24, 2.45) is 5.84 Å². The molecule has 1 aromatic carbocycles. The van der Waals surface area contributed by atoms with E-state index >= 15 is 0 Å². The minimum absolute atomic E-state index is 0.200. The molecule has 2 rings (SSSR count). The van der Waals surface area contributed by atoms with Crippen molar-refractivity contribution in [3.63, 3.8) is 0 Å². The number of anilines is 1. The Hall–Kier alpha value is -2.11. The van der Waals surface area contributed by atoms with Gasteiger partial charge in [0.05, 0.1) is 6.04 Å². The number of hydrogen-bond acceptors (Lipinski definition) is 5. The van der Waals surface area contributed by atoms with Gasteiger partial charge in [-0.15, -0.1) is 0 Å². The van der Waals surface area contributed by atoms with Crippen molar-refractivity contribution in [3.05, 3.63) is 53.7 Å². The van der Waals surface area contributed by atoms with Gasteiger partial charge < -0.3 is 10.5 Å². The molecule has 5 N–H and O–H groups in total. The Labute approximate surface area is 112 Å². The number of aromatic nitrogens is 1. The van der Waals surface area contributed by atoms with Crippen molar-refractivity contribution in [2.75, 3.05) is 12.3 Å². The average Bonchev–Trinajstić information content (AvgIpc) is 2.43. The molecule has 0 spiro atoms. The van der Waals surface area contributed by atoms with Gasteiger partial charge >= 0.3 is 0 Å². The Bertz CT molecular complexity index is 510. The number of pyridine rings is 1. The van der Waals surface area contributed by atoms with Gasteiger partial charge in [-0.3, -0.25) is 5.84 Å². The molecule has 0 aliphatic carbocycles. The van der Waals surface area contributed by atoms with Gasteiger partial charge in [0.2, 0.25) is 0 Å². The van der Waals surface area contributed by atoms with Crippen molar-refractivity contribution >= 4 is 5.82 Å². The van der Waals surface area contributed by atoms with Crippen molar-refractivity contribution < 1.29 is 4.74 Å². The Morgan fingerprint density at radius 3 is 2.63 bits per heavy atom. The molecule has 1 aromatic heterocycles. The van der Waals surface area contributed by atoms with Crippen LogP contribution in [0.4, 0.5) is 5.82 Å². The monoisotopic (exact) mass is 258 g/mol. The van der Waals surface area contributed by atoms with Crippen LogP contribution in [-0.2, 0) is 0 Å². The summed E-state index contributed by atoms with van der Waals surface area (Å²) in [7, 11) is 0. The van der Waals surface area contributed by atoms with Gasteiger partial charge in [0.15, 0.2) is 0 Å². The SMILES string of the molecule is Cc1ccnc(N)c1C(COc1ccccc1)NN. The molecule has 0 amide bonds. The van der Waals surface area contributed by atoms with Crippen molar-refractivity contribution in [2.45, 2.75) is 13.0 Å². The van der Waals surface area contributed by atoms with E-state index in [-0.39, 0.29) is 6.04 Å². The molecule has 19 heavy (non-hydrogen) atoms. The molecule has 0 aliphatic heterocycles. The first-order valence-electron chi connectivity index (χ1n) is 6.07. The van der Waals surface area contributed by atoms with Crippen LogP contribution >= 0.6 is 0 Å². The molecule has 0 radical (unpaired) electrons. The van der Waals surface area contributed by atoms with E-state index in [2.05, 4.69) is 10.4 Å². The molecular weight excluding hydrogens is 240 g/mol. The average molecular weight is 258 g/mol. The topological polar surface area (TPSA) is 86.2 Å². The maximum absolute atomic E-state index is 5.90. The highest BCUT2D eigenvalue weighted by Crippen LogP contribution is 2.23. The highest BCUT2D eigenvalue weighted by molar-refractivity contribution is 5.46. The number of benzene rings is 1. The second kappa shape index (κ2) is 6.17.